The van der Waals surface area contributed by atoms with Gasteiger partial charge in [0.25, 0.3) is 0 Å². The van der Waals surface area contributed by atoms with Crippen molar-refractivity contribution < 1.29 is 9.90 Å². The molecule has 4 heteroatoms. The molecule has 0 saturated carbocycles. The molecule has 1 aromatic rings. The van der Waals surface area contributed by atoms with Crippen LogP contribution in [0.4, 0.5) is 0 Å². The first-order chi connectivity index (χ1) is 11.0. The van der Waals surface area contributed by atoms with Gasteiger partial charge in [0.2, 0.25) is 0 Å². The Balaban J connectivity index is 0.000000459. The minimum absolute atomic E-state index is 0.343. The lowest BCUT2D eigenvalue weighted by atomic mass is 10.1. The normalized spacial score (nSPS) is 10.1. The highest BCUT2D eigenvalue weighted by Crippen LogP contribution is 2.10. The summed E-state index contributed by atoms with van der Waals surface area (Å²) in [5, 5.41) is 8.41. The monoisotopic (exact) mass is 322 g/mol. The van der Waals surface area contributed by atoms with Crippen LogP contribution in [0, 0.1) is 20.8 Å². The van der Waals surface area contributed by atoms with Crippen LogP contribution in [0.25, 0.3) is 0 Å². The van der Waals surface area contributed by atoms with Gasteiger partial charge in [-0.25, -0.2) is 0 Å². The summed E-state index contributed by atoms with van der Waals surface area (Å²) in [5.74, 6) is -0.659. The standard InChI is InChI=1S/C12H24O2.C7H10N2/c1-2-3-4-5-6-7-8-9-10-11-12(13)14;1-5-4-8-6(2)7(3)9-5/h2-11H2,1H3,(H,13,14);4H,1-3H3. The SMILES string of the molecule is CCCCCCCCCCCC(=O)O.Cc1cnc(C)c(C)n1. The zero-order chi connectivity index (χ0) is 17.5. The first-order valence-corrected chi connectivity index (χ1v) is 8.96. The number of carboxylic acids is 1. The zero-order valence-corrected chi connectivity index (χ0v) is 15.4. The van der Waals surface area contributed by atoms with Crippen LogP contribution in [0.5, 0.6) is 0 Å². The number of hydrogen-bond acceptors (Lipinski definition) is 3. The number of unbranched alkanes of at least 4 members (excludes halogenated alkanes) is 8. The lowest BCUT2D eigenvalue weighted by molar-refractivity contribution is -0.137. The van der Waals surface area contributed by atoms with Crippen LogP contribution in [-0.2, 0) is 4.79 Å². The molecular formula is C19H34N2O2. The number of aliphatic carboxylic acids is 1. The highest BCUT2D eigenvalue weighted by molar-refractivity contribution is 5.66. The summed E-state index contributed by atoms with van der Waals surface area (Å²) < 4.78 is 0. The first-order valence-electron chi connectivity index (χ1n) is 8.96. The van der Waals surface area contributed by atoms with E-state index < -0.39 is 5.97 Å². The van der Waals surface area contributed by atoms with Crippen LogP contribution in [0.1, 0.15) is 88.2 Å². The lowest BCUT2D eigenvalue weighted by Gasteiger charge is -2.00. The molecule has 0 aromatic carbocycles. The Hall–Kier alpha value is -1.45. The van der Waals surface area contributed by atoms with Crippen molar-refractivity contribution >= 4 is 5.97 Å². The predicted molar refractivity (Wildman–Crippen MR) is 95.7 cm³/mol. The molecule has 0 aliphatic heterocycles. The van der Waals surface area contributed by atoms with Crippen LogP contribution < -0.4 is 0 Å². The van der Waals surface area contributed by atoms with Gasteiger partial charge < -0.3 is 5.11 Å². The van der Waals surface area contributed by atoms with E-state index in [9.17, 15) is 4.79 Å². The Morgan fingerprint density at radius 2 is 1.43 bits per heavy atom. The fourth-order valence-corrected chi connectivity index (χ4v) is 2.24. The summed E-state index contributed by atoms with van der Waals surface area (Å²) in [5.41, 5.74) is 3.02. The molecule has 0 aliphatic carbocycles. The van der Waals surface area contributed by atoms with E-state index in [2.05, 4.69) is 16.9 Å². The van der Waals surface area contributed by atoms with Crippen LogP contribution in [0.3, 0.4) is 0 Å². The summed E-state index contributed by atoms with van der Waals surface area (Å²) >= 11 is 0. The minimum atomic E-state index is -0.659. The molecule has 132 valence electrons. The summed E-state index contributed by atoms with van der Waals surface area (Å²) in [4.78, 5) is 18.5. The molecule has 0 amide bonds. The molecule has 0 spiro atoms. The molecule has 0 atom stereocenters. The van der Waals surface area contributed by atoms with E-state index in [1.807, 2.05) is 20.8 Å². The van der Waals surface area contributed by atoms with Crippen molar-refractivity contribution in [2.24, 2.45) is 0 Å². The van der Waals surface area contributed by atoms with Crippen molar-refractivity contribution in [2.45, 2.75) is 91.9 Å². The molecule has 1 aromatic heterocycles. The van der Waals surface area contributed by atoms with E-state index in [1.54, 1.807) is 6.20 Å². The van der Waals surface area contributed by atoms with Gasteiger partial charge in [-0.05, 0) is 27.2 Å². The quantitative estimate of drug-likeness (QED) is 0.586. The molecule has 0 unspecified atom stereocenters. The number of nitrogens with zero attached hydrogens (tertiary/aromatic N) is 2. The molecule has 4 nitrogen and oxygen atoms in total. The molecular weight excluding hydrogens is 288 g/mol. The molecule has 1 rings (SSSR count). The predicted octanol–water partition coefficient (Wildman–Crippen LogP) is 5.39. The third-order valence-electron chi connectivity index (χ3n) is 3.81. The van der Waals surface area contributed by atoms with Gasteiger partial charge in [-0.3, -0.25) is 14.8 Å². The summed E-state index contributed by atoms with van der Waals surface area (Å²) in [6.45, 7) is 8.10. The fourth-order valence-electron chi connectivity index (χ4n) is 2.24. The average Bonchev–Trinajstić information content (AvgIpc) is 2.50. The molecule has 1 heterocycles. The number of aryl methyl sites for hydroxylation is 3. The van der Waals surface area contributed by atoms with Gasteiger partial charge >= 0.3 is 5.97 Å². The minimum Gasteiger partial charge on any atom is -0.481 e. The number of aromatic nitrogens is 2. The van der Waals surface area contributed by atoms with Crippen molar-refractivity contribution in [3.8, 4) is 0 Å². The van der Waals surface area contributed by atoms with Gasteiger partial charge in [0.1, 0.15) is 0 Å². The lowest BCUT2D eigenvalue weighted by Crippen LogP contribution is -1.93. The van der Waals surface area contributed by atoms with Crippen molar-refractivity contribution in [3.05, 3.63) is 23.3 Å². The molecule has 0 saturated heterocycles. The zero-order valence-electron chi connectivity index (χ0n) is 15.4. The van der Waals surface area contributed by atoms with E-state index in [-0.39, 0.29) is 0 Å². The van der Waals surface area contributed by atoms with E-state index in [0.29, 0.717) is 6.42 Å². The fraction of sp³-hybridized carbons (Fsp3) is 0.737. The smallest absolute Gasteiger partial charge is 0.303 e. The highest BCUT2D eigenvalue weighted by atomic mass is 16.4. The largest absolute Gasteiger partial charge is 0.481 e. The maximum absolute atomic E-state index is 10.2. The van der Waals surface area contributed by atoms with E-state index in [1.165, 1.54) is 44.9 Å². The summed E-state index contributed by atoms with van der Waals surface area (Å²) in [7, 11) is 0. The van der Waals surface area contributed by atoms with Gasteiger partial charge in [0, 0.05) is 12.6 Å². The maximum atomic E-state index is 10.2. The van der Waals surface area contributed by atoms with E-state index in [4.69, 9.17) is 5.11 Å². The van der Waals surface area contributed by atoms with Gasteiger partial charge in [-0.2, -0.15) is 0 Å². The summed E-state index contributed by atoms with van der Waals surface area (Å²) in [6, 6.07) is 0. The van der Waals surface area contributed by atoms with E-state index >= 15 is 0 Å². The maximum Gasteiger partial charge on any atom is 0.303 e. The molecule has 1 N–H and O–H groups in total. The van der Waals surface area contributed by atoms with Crippen molar-refractivity contribution in [2.75, 3.05) is 0 Å². The van der Waals surface area contributed by atoms with Gasteiger partial charge in [0.05, 0.1) is 17.1 Å². The van der Waals surface area contributed by atoms with Crippen molar-refractivity contribution in [3.63, 3.8) is 0 Å². The van der Waals surface area contributed by atoms with Crippen molar-refractivity contribution in [1.82, 2.24) is 9.97 Å². The van der Waals surface area contributed by atoms with Gasteiger partial charge in [0.15, 0.2) is 0 Å². The molecule has 0 fully saturated rings. The molecule has 0 bridgehead atoms. The molecule has 23 heavy (non-hydrogen) atoms. The first kappa shape index (κ1) is 21.6. The third kappa shape index (κ3) is 13.9. The van der Waals surface area contributed by atoms with Crippen LogP contribution in [0.2, 0.25) is 0 Å². The number of carbonyl (C=O) groups is 1. The second-order valence-electron chi connectivity index (χ2n) is 6.15. The number of rotatable bonds is 10. The second-order valence-corrected chi connectivity index (χ2v) is 6.15. The highest BCUT2D eigenvalue weighted by Gasteiger charge is 1.96. The Labute approximate surface area is 141 Å². The third-order valence-corrected chi connectivity index (χ3v) is 3.81. The van der Waals surface area contributed by atoms with Gasteiger partial charge in [-0.15, -0.1) is 0 Å². The summed E-state index contributed by atoms with van der Waals surface area (Å²) in [6.07, 6.45) is 13.3. The average molecular weight is 322 g/mol. The Morgan fingerprint density at radius 3 is 1.87 bits per heavy atom. The van der Waals surface area contributed by atoms with Crippen molar-refractivity contribution in [1.29, 1.82) is 0 Å². The molecule has 0 aliphatic rings. The number of carboxylic acid groups (broad SMARTS) is 1. The van der Waals surface area contributed by atoms with Crippen LogP contribution in [-0.4, -0.2) is 21.0 Å². The Morgan fingerprint density at radius 1 is 0.913 bits per heavy atom. The Kier molecular flexibility index (Phi) is 13.3. The number of hydrogen-bond donors (Lipinski definition) is 1. The van der Waals surface area contributed by atoms with Crippen LogP contribution in [0.15, 0.2) is 6.20 Å². The molecule has 0 radical (unpaired) electrons. The second kappa shape index (κ2) is 14.2. The Bertz CT molecular complexity index is 433. The van der Waals surface area contributed by atoms with Crippen LogP contribution >= 0.6 is 0 Å². The van der Waals surface area contributed by atoms with Gasteiger partial charge in [-0.1, -0.05) is 58.3 Å². The van der Waals surface area contributed by atoms with E-state index in [0.717, 1.165) is 29.9 Å². The topological polar surface area (TPSA) is 63.1 Å².